The molecule has 0 aliphatic carbocycles. The summed E-state index contributed by atoms with van der Waals surface area (Å²) in [6, 6.07) is 17.0. The average Bonchev–Trinajstić information content (AvgIpc) is 3.39. The Balaban J connectivity index is 1.48. The Kier molecular flexibility index (Phi) is 6.35. The van der Waals surface area contributed by atoms with Gasteiger partial charge in [0.05, 0.1) is 20.2 Å². The third-order valence-corrected chi connectivity index (χ3v) is 8.14. The first-order valence-corrected chi connectivity index (χ1v) is 12.4. The molecule has 1 aromatic heterocycles. The number of thiophene rings is 1. The van der Waals surface area contributed by atoms with Gasteiger partial charge in [-0.3, -0.25) is 9.59 Å². The number of sulfonamides is 1. The van der Waals surface area contributed by atoms with E-state index < -0.39 is 15.9 Å². The Morgan fingerprint density at radius 3 is 2.36 bits per heavy atom. The van der Waals surface area contributed by atoms with Crippen molar-refractivity contribution < 1.29 is 22.7 Å². The van der Waals surface area contributed by atoms with Gasteiger partial charge in [-0.2, -0.15) is 0 Å². The molecule has 2 amide bonds. The predicted molar refractivity (Wildman–Crippen MR) is 127 cm³/mol. The third-order valence-electron chi connectivity index (χ3n) is 5.33. The van der Waals surface area contributed by atoms with Crippen LogP contribution in [0.15, 0.2) is 71.6 Å². The molecule has 33 heavy (non-hydrogen) atoms. The molecule has 7 nitrogen and oxygen atoms in total. The number of hydrogen-bond acceptors (Lipinski definition) is 6. The fourth-order valence-electron chi connectivity index (χ4n) is 3.57. The van der Waals surface area contributed by atoms with E-state index in [9.17, 15) is 18.0 Å². The minimum Gasteiger partial charge on any atom is -0.497 e. The normalized spacial score (nSPS) is 15.1. The van der Waals surface area contributed by atoms with Gasteiger partial charge in [-0.05, 0) is 65.9 Å². The van der Waals surface area contributed by atoms with Crippen molar-refractivity contribution >= 4 is 38.1 Å². The van der Waals surface area contributed by atoms with Gasteiger partial charge in [0.25, 0.3) is 21.8 Å². The third kappa shape index (κ3) is 4.55. The van der Waals surface area contributed by atoms with Gasteiger partial charge in [0.15, 0.2) is 0 Å². The van der Waals surface area contributed by atoms with E-state index in [1.54, 1.807) is 59.9 Å². The van der Waals surface area contributed by atoms with Crippen LogP contribution < -0.4 is 10.1 Å². The lowest BCUT2D eigenvalue weighted by atomic mass is 10.1. The van der Waals surface area contributed by atoms with Gasteiger partial charge in [-0.1, -0.05) is 18.2 Å². The standard InChI is InChI=1S/C24H22N2O5S2/c1-16-22(18-9-11-20(31-2)12-10-18)33(29,30)26(24(16)28)15-17-5-7-19(8-6-17)23(27)25-14-21-4-3-13-32-21/h3-13H,14-15H2,1-2H3,(H,25,27). The fraction of sp³-hybridized carbons (Fsp3) is 0.167. The monoisotopic (exact) mass is 482 g/mol. The van der Waals surface area contributed by atoms with Crippen LogP contribution in [0.5, 0.6) is 5.75 Å². The minimum atomic E-state index is -4.01. The summed E-state index contributed by atoms with van der Waals surface area (Å²) >= 11 is 1.56. The van der Waals surface area contributed by atoms with Crippen LogP contribution in [0, 0.1) is 0 Å². The summed E-state index contributed by atoms with van der Waals surface area (Å²) < 4.78 is 32.4. The predicted octanol–water partition coefficient (Wildman–Crippen LogP) is 3.79. The summed E-state index contributed by atoms with van der Waals surface area (Å²) in [4.78, 5) is 26.2. The maximum atomic E-state index is 13.2. The highest BCUT2D eigenvalue weighted by Gasteiger charge is 2.42. The van der Waals surface area contributed by atoms with E-state index in [0.717, 1.165) is 9.18 Å². The van der Waals surface area contributed by atoms with Crippen molar-refractivity contribution in [2.45, 2.75) is 20.0 Å². The second-order valence-electron chi connectivity index (χ2n) is 7.46. The highest BCUT2D eigenvalue weighted by Crippen LogP contribution is 2.37. The SMILES string of the molecule is COc1ccc(C2=C(C)C(=O)N(Cc3ccc(C(=O)NCc4cccs4)cc3)S2(=O)=O)cc1. The van der Waals surface area contributed by atoms with Crippen molar-refractivity contribution in [2.75, 3.05) is 7.11 Å². The summed E-state index contributed by atoms with van der Waals surface area (Å²) in [7, 11) is -2.49. The number of methoxy groups -OCH3 is 1. The van der Waals surface area contributed by atoms with Crippen molar-refractivity contribution in [2.24, 2.45) is 0 Å². The number of carbonyl (C=O) groups excluding carboxylic acids is 2. The molecule has 0 unspecified atom stereocenters. The molecule has 1 N–H and O–H groups in total. The summed E-state index contributed by atoms with van der Waals surface area (Å²) in [5.74, 6) is -0.187. The zero-order chi connectivity index (χ0) is 23.6. The summed E-state index contributed by atoms with van der Waals surface area (Å²) in [6.07, 6.45) is 0. The van der Waals surface area contributed by atoms with E-state index >= 15 is 0 Å². The molecule has 9 heteroatoms. The highest BCUT2D eigenvalue weighted by molar-refractivity contribution is 7.99. The van der Waals surface area contributed by atoms with Crippen LogP contribution in [-0.4, -0.2) is 31.6 Å². The number of carbonyl (C=O) groups is 2. The molecule has 1 aliphatic rings. The molecule has 2 heterocycles. The first-order chi connectivity index (χ1) is 15.8. The number of ether oxygens (including phenoxy) is 1. The highest BCUT2D eigenvalue weighted by atomic mass is 32.2. The summed E-state index contributed by atoms with van der Waals surface area (Å²) in [5.41, 5.74) is 1.66. The van der Waals surface area contributed by atoms with Crippen LogP contribution in [-0.2, 0) is 27.9 Å². The van der Waals surface area contributed by atoms with Crippen molar-refractivity contribution in [3.05, 3.63) is 93.2 Å². The van der Waals surface area contributed by atoms with Crippen molar-refractivity contribution in [3.8, 4) is 5.75 Å². The quantitative estimate of drug-likeness (QED) is 0.553. The number of benzene rings is 2. The smallest absolute Gasteiger partial charge is 0.268 e. The molecule has 0 bridgehead atoms. The molecule has 170 valence electrons. The van der Waals surface area contributed by atoms with Crippen LogP contribution in [0.1, 0.15) is 33.3 Å². The van der Waals surface area contributed by atoms with Crippen LogP contribution >= 0.6 is 11.3 Å². The van der Waals surface area contributed by atoms with Crippen LogP contribution in [0.2, 0.25) is 0 Å². The van der Waals surface area contributed by atoms with E-state index in [1.165, 1.54) is 14.0 Å². The molecule has 0 saturated heterocycles. The molecular formula is C24H22N2O5S2. The topological polar surface area (TPSA) is 92.8 Å². The van der Waals surface area contributed by atoms with Crippen LogP contribution in [0.3, 0.4) is 0 Å². The number of amides is 2. The van der Waals surface area contributed by atoms with Gasteiger partial charge in [0.1, 0.15) is 10.7 Å². The lowest BCUT2D eigenvalue weighted by molar-refractivity contribution is -0.122. The zero-order valence-electron chi connectivity index (χ0n) is 18.1. The van der Waals surface area contributed by atoms with E-state index in [0.29, 0.717) is 29.0 Å². The molecule has 4 rings (SSSR count). The Labute approximate surface area is 196 Å². The summed E-state index contributed by atoms with van der Waals surface area (Å²) in [6.45, 7) is 1.84. The van der Waals surface area contributed by atoms with Crippen molar-refractivity contribution in [1.29, 1.82) is 0 Å². The average molecular weight is 483 g/mol. The van der Waals surface area contributed by atoms with E-state index in [1.807, 2.05) is 17.5 Å². The lowest BCUT2D eigenvalue weighted by Crippen LogP contribution is -2.31. The molecule has 0 fully saturated rings. The van der Waals surface area contributed by atoms with E-state index in [-0.39, 0.29) is 22.9 Å². The maximum Gasteiger partial charge on any atom is 0.268 e. The first kappa shape index (κ1) is 22.8. The van der Waals surface area contributed by atoms with Gasteiger partial charge < -0.3 is 10.1 Å². The second kappa shape index (κ2) is 9.21. The van der Waals surface area contributed by atoms with E-state index in [4.69, 9.17) is 4.74 Å². The molecule has 2 aromatic carbocycles. The number of nitrogens with one attached hydrogen (secondary N) is 1. The Hall–Kier alpha value is -3.43. The summed E-state index contributed by atoms with van der Waals surface area (Å²) in [5, 5.41) is 4.79. The van der Waals surface area contributed by atoms with Crippen molar-refractivity contribution in [1.82, 2.24) is 9.62 Å². The lowest BCUT2D eigenvalue weighted by Gasteiger charge is -2.17. The molecule has 1 aliphatic heterocycles. The van der Waals surface area contributed by atoms with Gasteiger partial charge in [-0.25, -0.2) is 12.7 Å². The van der Waals surface area contributed by atoms with Gasteiger partial charge in [0.2, 0.25) is 0 Å². The van der Waals surface area contributed by atoms with Crippen LogP contribution in [0.4, 0.5) is 0 Å². The largest absolute Gasteiger partial charge is 0.497 e. The first-order valence-electron chi connectivity index (χ1n) is 10.1. The maximum absolute atomic E-state index is 13.2. The Morgan fingerprint density at radius 2 is 1.76 bits per heavy atom. The number of rotatable bonds is 7. The second-order valence-corrected chi connectivity index (χ2v) is 10.3. The number of hydrogen-bond donors (Lipinski definition) is 1. The molecular weight excluding hydrogens is 460 g/mol. The van der Waals surface area contributed by atoms with Crippen molar-refractivity contribution in [3.63, 3.8) is 0 Å². The Morgan fingerprint density at radius 1 is 1.06 bits per heavy atom. The fourth-order valence-corrected chi connectivity index (χ4v) is 6.02. The molecule has 0 radical (unpaired) electrons. The van der Waals surface area contributed by atoms with E-state index in [2.05, 4.69) is 5.32 Å². The number of nitrogens with zero attached hydrogens (tertiary/aromatic N) is 1. The molecule has 3 aromatic rings. The molecule has 0 atom stereocenters. The van der Waals surface area contributed by atoms with Crippen LogP contribution in [0.25, 0.3) is 4.91 Å². The van der Waals surface area contributed by atoms with Gasteiger partial charge >= 0.3 is 0 Å². The Bertz CT molecular complexity index is 1310. The molecule has 0 saturated carbocycles. The zero-order valence-corrected chi connectivity index (χ0v) is 19.7. The van der Waals surface area contributed by atoms with Gasteiger partial charge in [0, 0.05) is 16.0 Å². The molecule has 0 spiro atoms. The minimum absolute atomic E-state index is 0.000252. The van der Waals surface area contributed by atoms with Gasteiger partial charge in [-0.15, -0.1) is 11.3 Å².